The Bertz CT molecular complexity index is 429. The van der Waals surface area contributed by atoms with Crippen molar-refractivity contribution < 1.29 is 8.78 Å². The van der Waals surface area contributed by atoms with Crippen molar-refractivity contribution in [1.29, 1.82) is 10.5 Å². The number of hydrogen-bond donors (Lipinski definition) is 0. The topological polar surface area (TPSA) is 60.5 Å². The summed E-state index contributed by atoms with van der Waals surface area (Å²) in [6.07, 6.45) is -1.72. The van der Waals surface area contributed by atoms with E-state index in [-0.39, 0.29) is 17.5 Å². The molecule has 0 spiro atoms. The third kappa shape index (κ3) is 2.99. The molecule has 1 heterocycles. The highest BCUT2D eigenvalue weighted by atomic mass is 19.3. The predicted octanol–water partition coefficient (Wildman–Crippen LogP) is 1.83. The molecule has 0 bridgehead atoms. The summed E-state index contributed by atoms with van der Waals surface area (Å²) < 4.78 is 24.4. The smallest absolute Gasteiger partial charge is 0.242 e. The van der Waals surface area contributed by atoms with Crippen molar-refractivity contribution in [2.75, 3.05) is 0 Å². The van der Waals surface area contributed by atoms with Crippen LogP contribution in [0.2, 0.25) is 0 Å². The maximum absolute atomic E-state index is 12.2. The maximum atomic E-state index is 12.2. The van der Waals surface area contributed by atoms with Gasteiger partial charge in [-0.15, -0.1) is 0 Å². The summed E-state index contributed by atoms with van der Waals surface area (Å²) in [5.74, 6) is 0. The zero-order chi connectivity index (χ0) is 11.3. The zero-order valence-electron chi connectivity index (χ0n) is 7.74. The number of nitriles is 2. The Hall–Kier alpha value is -2.01. The minimum Gasteiger partial charge on any atom is -0.259 e. The molecule has 0 saturated carbocycles. The highest BCUT2D eigenvalue weighted by Gasteiger charge is 2.11. The molecule has 1 rings (SSSR count). The van der Waals surface area contributed by atoms with Gasteiger partial charge in [0, 0.05) is 12.6 Å². The van der Waals surface area contributed by atoms with Crippen molar-refractivity contribution in [2.45, 2.75) is 19.3 Å². The number of alkyl halides is 2. The second kappa shape index (κ2) is 5.02. The van der Waals surface area contributed by atoms with Crippen LogP contribution < -0.4 is 0 Å². The Kier molecular flexibility index (Phi) is 3.70. The lowest BCUT2D eigenvalue weighted by molar-refractivity contribution is 0.148. The van der Waals surface area contributed by atoms with Crippen molar-refractivity contribution in [3.63, 3.8) is 0 Å². The van der Waals surface area contributed by atoms with Gasteiger partial charge in [0.25, 0.3) is 0 Å². The van der Waals surface area contributed by atoms with E-state index in [2.05, 4.69) is 4.98 Å². The number of hydrogen-bond acceptors (Lipinski definition) is 3. The summed E-state index contributed by atoms with van der Waals surface area (Å²) in [5, 5.41) is 17.0. The second-order valence-corrected chi connectivity index (χ2v) is 2.87. The fraction of sp³-hybridized carbons (Fsp3) is 0.300. The third-order valence-corrected chi connectivity index (χ3v) is 1.81. The molecule has 0 amide bonds. The van der Waals surface area contributed by atoms with E-state index in [9.17, 15) is 8.78 Å². The Morgan fingerprint density at radius 1 is 1.40 bits per heavy atom. The Morgan fingerprint density at radius 2 is 2.13 bits per heavy atom. The molecule has 0 N–H and O–H groups in total. The number of aromatic nitrogens is 1. The van der Waals surface area contributed by atoms with Crippen molar-refractivity contribution in [3.8, 4) is 12.1 Å². The van der Waals surface area contributed by atoms with E-state index in [0.717, 1.165) is 0 Å². The third-order valence-electron chi connectivity index (χ3n) is 1.81. The van der Waals surface area contributed by atoms with E-state index in [1.165, 1.54) is 12.3 Å². The van der Waals surface area contributed by atoms with Crippen molar-refractivity contribution in [1.82, 2.24) is 4.98 Å². The molecule has 0 aliphatic rings. The number of nitrogens with zero attached hydrogens (tertiary/aromatic N) is 3. The van der Waals surface area contributed by atoms with Crippen LogP contribution in [0.25, 0.3) is 0 Å². The predicted molar refractivity (Wildman–Crippen MR) is 48.0 cm³/mol. The minimum absolute atomic E-state index is 0.0201. The van der Waals surface area contributed by atoms with Crippen LogP contribution in [0, 0.1) is 22.7 Å². The Balaban J connectivity index is 3.07. The summed E-state index contributed by atoms with van der Waals surface area (Å²) in [6, 6.07) is 5.02. The molecule has 5 heteroatoms. The molecule has 15 heavy (non-hydrogen) atoms. The van der Waals surface area contributed by atoms with E-state index in [4.69, 9.17) is 10.5 Å². The molecule has 0 aliphatic carbocycles. The molecule has 0 radical (unpaired) electrons. The maximum Gasteiger partial charge on any atom is 0.242 e. The lowest BCUT2D eigenvalue weighted by Crippen LogP contribution is -2.04. The summed E-state index contributed by atoms with van der Waals surface area (Å²) in [6.45, 7) is 0. The van der Waals surface area contributed by atoms with Crippen LogP contribution in [-0.4, -0.2) is 11.4 Å². The fourth-order valence-corrected chi connectivity index (χ4v) is 1.18. The zero-order valence-corrected chi connectivity index (χ0v) is 7.74. The van der Waals surface area contributed by atoms with Crippen LogP contribution in [0.3, 0.4) is 0 Å². The van der Waals surface area contributed by atoms with Gasteiger partial charge < -0.3 is 0 Å². The molecule has 0 aliphatic heterocycles. The number of halogens is 2. The summed E-state index contributed by atoms with van der Waals surface area (Å²) >= 11 is 0. The first-order valence-electron chi connectivity index (χ1n) is 4.20. The lowest BCUT2D eigenvalue weighted by atomic mass is 10.1. The van der Waals surface area contributed by atoms with Crippen LogP contribution in [0.15, 0.2) is 12.3 Å². The SMILES string of the molecule is N#CCc1ncc(C#N)cc1CC(F)F. The van der Waals surface area contributed by atoms with Crippen LogP contribution in [0.5, 0.6) is 0 Å². The van der Waals surface area contributed by atoms with Gasteiger partial charge in [-0.2, -0.15) is 10.5 Å². The van der Waals surface area contributed by atoms with E-state index in [1.54, 1.807) is 0 Å². The minimum atomic E-state index is -2.50. The van der Waals surface area contributed by atoms with Gasteiger partial charge in [-0.1, -0.05) is 0 Å². The first-order chi connectivity index (χ1) is 7.17. The monoisotopic (exact) mass is 207 g/mol. The standard InChI is InChI=1S/C10H7F2N3/c11-10(12)4-8-3-7(5-14)6-15-9(8)1-2-13/h3,6,10H,1,4H2. The first-order valence-corrected chi connectivity index (χ1v) is 4.20. The van der Waals surface area contributed by atoms with Gasteiger partial charge in [0.1, 0.15) is 6.07 Å². The van der Waals surface area contributed by atoms with Crippen molar-refractivity contribution >= 4 is 0 Å². The van der Waals surface area contributed by atoms with Gasteiger partial charge in [-0.05, 0) is 11.6 Å². The van der Waals surface area contributed by atoms with Crippen LogP contribution in [0.4, 0.5) is 8.78 Å². The van der Waals surface area contributed by atoms with Gasteiger partial charge >= 0.3 is 0 Å². The van der Waals surface area contributed by atoms with Gasteiger partial charge in [0.05, 0.1) is 23.7 Å². The largest absolute Gasteiger partial charge is 0.259 e. The average Bonchev–Trinajstić information content (AvgIpc) is 2.20. The Morgan fingerprint density at radius 3 is 2.67 bits per heavy atom. The van der Waals surface area contributed by atoms with Gasteiger partial charge in [-0.3, -0.25) is 4.98 Å². The van der Waals surface area contributed by atoms with Crippen LogP contribution in [-0.2, 0) is 12.8 Å². The van der Waals surface area contributed by atoms with Crippen molar-refractivity contribution in [3.05, 3.63) is 29.1 Å². The first kappa shape index (κ1) is 11.1. The summed E-state index contributed by atoms with van der Waals surface area (Å²) in [5.41, 5.74) is 0.815. The van der Waals surface area contributed by atoms with Gasteiger partial charge in [0.2, 0.25) is 6.43 Å². The summed E-state index contributed by atoms with van der Waals surface area (Å²) in [7, 11) is 0. The van der Waals surface area contributed by atoms with Gasteiger partial charge in [-0.25, -0.2) is 8.78 Å². The highest BCUT2D eigenvalue weighted by molar-refractivity contribution is 5.34. The molecular formula is C10H7F2N3. The molecule has 1 aromatic rings. The van der Waals surface area contributed by atoms with Crippen molar-refractivity contribution in [2.24, 2.45) is 0 Å². The van der Waals surface area contributed by atoms with E-state index in [0.29, 0.717) is 5.69 Å². The highest BCUT2D eigenvalue weighted by Crippen LogP contribution is 2.13. The van der Waals surface area contributed by atoms with E-state index in [1.807, 2.05) is 12.1 Å². The molecular weight excluding hydrogens is 200 g/mol. The normalized spacial score (nSPS) is 9.67. The van der Waals surface area contributed by atoms with E-state index >= 15 is 0 Å². The summed E-state index contributed by atoms with van der Waals surface area (Å²) in [4.78, 5) is 3.81. The molecule has 0 atom stereocenters. The average molecular weight is 207 g/mol. The molecule has 0 fully saturated rings. The van der Waals surface area contributed by atoms with Gasteiger partial charge in [0.15, 0.2) is 0 Å². The number of rotatable bonds is 3. The molecule has 0 saturated heterocycles. The lowest BCUT2D eigenvalue weighted by Gasteiger charge is -2.05. The molecule has 76 valence electrons. The second-order valence-electron chi connectivity index (χ2n) is 2.87. The quantitative estimate of drug-likeness (QED) is 0.759. The molecule has 3 nitrogen and oxygen atoms in total. The van der Waals surface area contributed by atoms with E-state index < -0.39 is 12.8 Å². The Labute approximate surface area is 85.6 Å². The molecule has 0 unspecified atom stereocenters. The number of pyridine rings is 1. The van der Waals surface area contributed by atoms with Crippen LogP contribution >= 0.6 is 0 Å². The molecule has 1 aromatic heterocycles. The van der Waals surface area contributed by atoms with Crippen LogP contribution in [0.1, 0.15) is 16.8 Å². The fourth-order valence-electron chi connectivity index (χ4n) is 1.18. The molecule has 0 aromatic carbocycles.